The van der Waals surface area contributed by atoms with Crippen molar-refractivity contribution in [3.63, 3.8) is 0 Å². The van der Waals surface area contributed by atoms with Gasteiger partial charge < -0.3 is 10.4 Å². The average Bonchev–Trinajstić information content (AvgIpc) is 2.54. The molecule has 0 heterocycles. The number of aliphatic carboxylic acids is 1. The second kappa shape index (κ2) is 16.5. The zero-order chi connectivity index (χ0) is 18.0. The largest absolute Gasteiger partial charge is 0.481 e. The second-order valence-corrected chi connectivity index (χ2v) is 6.69. The van der Waals surface area contributed by atoms with Crippen LogP contribution in [0.4, 0.5) is 0 Å². The van der Waals surface area contributed by atoms with Gasteiger partial charge in [0.25, 0.3) is 0 Å². The number of carbonyl (C=O) groups excluding carboxylic acids is 1. The molecule has 0 fully saturated rings. The van der Waals surface area contributed by atoms with Gasteiger partial charge in [-0.2, -0.15) is 0 Å². The van der Waals surface area contributed by atoms with E-state index in [-0.39, 0.29) is 12.3 Å². The molecule has 24 heavy (non-hydrogen) atoms. The fraction of sp³-hybridized carbons (Fsp3) is 0.800. The summed E-state index contributed by atoms with van der Waals surface area (Å²) in [5, 5.41) is 11.6. The molecule has 0 bridgehead atoms. The number of carbonyl (C=O) groups is 2. The first-order chi connectivity index (χ1) is 11.6. The van der Waals surface area contributed by atoms with Gasteiger partial charge in [-0.15, -0.1) is 0 Å². The highest BCUT2D eigenvalue weighted by atomic mass is 16.4. The maximum absolute atomic E-state index is 11.4. The molecule has 140 valence electrons. The maximum atomic E-state index is 11.4. The standard InChI is InChI=1S/C20H37NO3/c1-3-5-6-7-8-9-10-11-12-13-14-15-16-18(20(23)24)17-19(22)21-4-2/h4,18H,2-3,5-17H2,1H3,(H,21,22)(H,23,24). The fourth-order valence-corrected chi connectivity index (χ4v) is 2.94. The number of hydrogen-bond acceptors (Lipinski definition) is 2. The third-order valence-electron chi connectivity index (χ3n) is 4.45. The van der Waals surface area contributed by atoms with Gasteiger partial charge in [-0.3, -0.25) is 9.59 Å². The molecule has 0 aliphatic rings. The van der Waals surface area contributed by atoms with Crippen LogP contribution in [0.2, 0.25) is 0 Å². The van der Waals surface area contributed by atoms with Gasteiger partial charge in [0, 0.05) is 6.42 Å². The van der Waals surface area contributed by atoms with Crippen LogP contribution in [0.5, 0.6) is 0 Å². The number of amides is 1. The molecule has 0 aromatic heterocycles. The third-order valence-corrected chi connectivity index (χ3v) is 4.45. The summed E-state index contributed by atoms with van der Waals surface area (Å²) in [5.41, 5.74) is 0. The van der Waals surface area contributed by atoms with Crippen molar-refractivity contribution in [2.45, 2.75) is 96.8 Å². The molecule has 0 spiro atoms. The molecule has 0 aliphatic heterocycles. The number of carboxylic acids is 1. The van der Waals surface area contributed by atoms with Crippen molar-refractivity contribution in [1.29, 1.82) is 0 Å². The van der Waals surface area contributed by atoms with Crippen LogP contribution in [0.15, 0.2) is 12.8 Å². The third kappa shape index (κ3) is 14.3. The van der Waals surface area contributed by atoms with E-state index in [0.717, 1.165) is 12.8 Å². The molecule has 0 rings (SSSR count). The van der Waals surface area contributed by atoms with Crippen LogP contribution < -0.4 is 5.32 Å². The van der Waals surface area contributed by atoms with Crippen molar-refractivity contribution in [3.8, 4) is 0 Å². The number of carboxylic acid groups (broad SMARTS) is 1. The van der Waals surface area contributed by atoms with E-state index >= 15 is 0 Å². The van der Waals surface area contributed by atoms with Gasteiger partial charge in [-0.05, 0) is 12.6 Å². The Hall–Kier alpha value is -1.32. The number of hydrogen-bond donors (Lipinski definition) is 2. The summed E-state index contributed by atoms with van der Waals surface area (Å²) in [4.78, 5) is 22.6. The van der Waals surface area contributed by atoms with Crippen LogP contribution in [-0.2, 0) is 9.59 Å². The Morgan fingerprint density at radius 2 is 1.38 bits per heavy atom. The lowest BCUT2D eigenvalue weighted by Crippen LogP contribution is -2.24. The Kier molecular flexibility index (Phi) is 15.6. The highest BCUT2D eigenvalue weighted by Crippen LogP contribution is 2.16. The van der Waals surface area contributed by atoms with Gasteiger partial charge in [0.05, 0.1) is 5.92 Å². The van der Waals surface area contributed by atoms with Crippen molar-refractivity contribution < 1.29 is 14.7 Å². The fourth-order valence-electron chi connectivity index (χ4n) is 2.94. The SMILES string of the molecule is C=CNC(=O)CC(CCCCCCCCCCCCCC)C(=O)O. The summed E-state index contributed by atoms with van der Waals surface area (Å²) in [6.07, 6.45) is 17.0. The smallest absolute Gasteiger partial charge is 0.307 e. The molecule has 0 aromatic rings. The summed E-state index contributed by atoms with van der Waals surface area (Å²) < 4.78 is 0. The molecular formula is C20H37NO3. The van der Waals surface area contributed by atoms with E-state index in [1.807, 2.05) is 0 Å². The van der Waals surface area contributed by atoms with Crippen molar-refractivity contribution in [2.75, 3.05) is 0 Å². The summed E-state index contributed by atoms with van der Waals surface area (Å²) in [5.74, 6) is -1.72. The van der Waals surface area contributed by atoms with E-state index in [4.69, 9.17) is 5.11 Å². The van der Waals surface area contributed by atoms with Crippen molar-refractivity contribution in [2.24, 2.45) is 5.92 Å². The highest BCUT2D eigenvalue weighted by Gasteiger charge is 2.20. The molecule has 0 aromatic carbocycles. The molecule has 1 atom stereocenters. The molecule has 1 unspecified atom stereocenters. The second-order valence-electron chi connectivity index (χ2n) is 6.69. The van der Waals surface area contributed by atoms with Crippen LogP contribution >= 0.6 is 0 Å². The lowest BCUT2D eigenvalue weighted by Gasteiger charge is -2.11. The van der Waals surface area contributed by atoms with Crippen LogP contribution in [0.1, 0.15) is 96.8 Å². The predicted octanol–water partition coefficient (Wildman–Crippen LogP) is 5.43. The number of rotatable bonds is 17. The highest BCUT2D eigenvalue weighted by molar-refractivity contribution is 5.82. The normalized spacial score (nSPS) is 11.9. The molecule has 4 nitrogen and oxygen atoms in total. The first-order valence-corrected chi connectivity index (χ1v) is 9.74. The summed E-state index contributed by atoms with van der Waals surface area (Å²) in [6, 6.07) is 0. The topological polar surface area (TPSA) is 66.4 Å². The van der Waals surface area contributed by atoms with Crippen molar-refractivity contribution in [3.05, 3.63) is 12.8 Å². The lowest BCUT2D eigenvalue weighted by molar-refractivity contribution is -0.144. The number of nitrogens with one attached hydrogen (secondary N) is 1. The van der Waals surface area contributed by atoms with Crippen LogP contribution in [0.25, 0.3) is 0 Å². The van der Waals surface area contributed by atoms with E-state index in [1.54, 1.807) is 0 Å². The van der Waals surface area contributed by atoms with Gasteiger partial charge in [0.15, 0.2) is 0 Å². The molecular weight excluding hydrogens is 302 g/mol. The van der Waals surface area contributed by atoms with Crippen LogP contribution in [0.3, 0.4) is 0 Å². The Balaban J connectivity index is 3.50. The minimum atomic E-state index is -0.878. The summed E-state index contributed by atoms with van der Waals surface area (Å²) in [7, 11) is 0. The van der Waals surface area contributed by atoms with E-state index in [2.05, 4.69) is 18.8 Å². The zero-order valence-corrected chi connectivity index (χ0v) is 15.5. The number of unbranched alkanes of at least 4 members (excludes halogenated alkanes) is 11. The lowest BCUT2D eigenvalue weighted by atomic mass is 9.96. The molecule has 4 heteroatoms. The maximum Gasteiger partial charge on any atom is 0.307 e. The first-order valence-electron chi connectivity index (χ1n) is 9.74. The van der Waals surface area contributed by atoms with Gasteiger partial charge in [0.1, 0.15) is 0 Å². The van der Waals surface area contributed by atoms with Gasteiger partial charge in [0.2, 0.25) is 5.91 Å². The molecule has 0 radical (unpaired) electrons. The monoisotopic (exact) mass is 339 g/mol. The van der Waals surface area contributed by atoms with Gasteiger partial charge in [-0.1, -0.05) is 90.6 Å². The average molecular weight is 340 g/mol. The molecule has 2 N–H and O–H groups in total. The Labute approximate surface area is 148 Å². The quantitative estimate of drug-likeness (QED) is 0.347. The molecule has 0 saturated heterocycles. The van der Waals surface area contributed by atoms with E-state index in [9.17, 15) is 9.59 Å². The minimum Gasteiger partial charge on any atom is -0.481 e. The van der Waals surface area contributed by atoms with E-state index < -0.39 is 11.9 Å². The Morgan fingerprint density at radius 1 is 0.917 bits per heavy atom. The van der Waals surface area contributed by atoms with Crippen molar-refractivity contribution >= 4 is 11.9 Å². The predicted molar refractivity (Wildman–Crippen MR) is 99.8 cm³/mol. The Morgan fingerprint density at radius 3 is 1.79 bits per heavy atom. The van der Waals surface area contributed by atoms with E-state index in [0.29, 0.717) is 6.42 Å². The van der Waals surface area contributed by atoms with Crippen molar-refractivity contribution in [1.82, 2.24) is 5.32 Å². The van der Waals surface area contributed by atoms with Gasteiger partial charge in [-0.25, -0.2) is 0 Å². The zero-order valence-electron chi connectivity index (χ0n) is 15.5. The summed E-state index contributed by atoms with van der Waals surface area (Å²) >= 11 is 0. The van der Waals surface area contributed by atoms with Gasteiger partial charge >= 0.3 is 5.97 Å². The molecule has 1 amide bonds. The first kappa shape index (κ1) is 22.7. The van der Waals surface area contributed by atoms with Crippen LogP contribution in [0, 0.1) is 5.92 Å². The molecule has 0 saturated carbocycles. The van der Waals surface area contributed by atoms with E-state index in [1.165, 1.54) is 70.4 Å². The summed E-state index contributed by atoms with van der Waals surface area (Å²) in [6.45, 7) is 5.65. The van der Waals surface area contributed by atoms with Crippen LogP contribution in [-0.4, -0.2) is 17.0 Å². The molecule has 0 aliphatic carbocycles. The minimum absolute atomic E-state index is 0.0411. The Bertz CT molecular complexity index is 342.